The zero-order chi connectivity index (χ0) is 14.9. The molecule has 1 fully saturated rings. The lowest BCUT2D eigenvalue weighted by molar-refractivity contribution is -0.144. The molecule has 3 N–H and O–H groups in total. The van der Waals surface area contributed by atoms with Crippen LogP contribution in [0.15, 0.2) is 18.2 Å². The predicted octanol–water partition coefficient (Wildman–Crippen LogP) is 0.0708. The van der Waals surface area contributed by atoms with Crippen LogP contribution in [-0.4, -0.2) is 52.0 Å². The van der Waals surface area contributed by atoms with Crippen LogP contribution in [0.5, 0.6) is 5.75 Å². The molecule has 8 heteroatoms. The van der Waals surface area contributed by atoms with Gasteiger partial charge in [-0.3, -0.25) is 9.59 Å². The van der Waals surface area contributed by atoms with E-state index < -0.39 is 23.8 Å². The standard InChI is InChI=1S/C12H11ClN2O5/c13-6-1-2-7(9(16)3-6)11(18)15-5-10(17)14-4-8(15)12(19)20/h1-3,8,16H,4-5H2,(H,14,17)(H,19,20). The molecule has 1 saturated heterocycles. The van der Waals surface area contributed by atoms with Crippen molar-refractivity contribution in [1.82, 2.24) is 10.2 Å². The van der Waals surface area contributed by atoms with Crippen LogP contribution in [-0.2, 0) is 9.59 Å². The number of halogens is 1. The fourth-order valence-corrected chi connectivity index (χ4v) is 2.08. The number of hydrogen-bond acceptors (Lipinski definition) is 4. The maximum Gasteiger partial charge on any atom is 0.328 e. The number of amides is 2. The Morgan fingerprint density at radius 3 is 2.70 bits per heavy atom. The predicted molar refractivity (Wildman–Crippen MR) is 68.6 cm³/mol. The summed E-state index contributed by atoms with van der Waals surface area (Å²) in [5.74, 6) is -2.78. The Bertz CT molecular complexity index is 589. The SMILES string of the molecule is O=C1CN(C(=O)c2ccc(Cl)cc2O)C(C(=O)O)CN1. The van der Waals surface area contributed by atoms with E-state index in [-0.39, 0.29) is 29.4 Å². The van der Waals surface area contributed by atoms with Crippen molar-refractivity contribution in [2.45, 2.75) is 6.04 Å². The van der Waals surface area contributed by atoms with Crippen LogP contribution in [0, 0.1) is 0 Å². The van der Waals surface area contributed by atoms with Gasteiger partial charge in [0.2, 0.25) is 5.91 Å². The molecule has 0 aliphatic carbocycles. The highest BCUT2D eigenvalue weighted by Gasteiger charge is 2.36. The number of hydrogen-bond donors (Lipinski definition) is 3. The number of aromatic hydroxyl groups is 1. The summed E-state index contributed by atoms with van der Waals surface area (Å²) in [6, 6.07) is 2.68. The molecule has 1 aromatic rings. The second-order valence-electron chi connectivity index (χ2n) is 4.25. The molecular formula is C12H11ClN2O5. The molecule has 0 saturated carbocycles. The maximum absolute atomic E-state index is 12.3. The van der Waals surface area contributed by atoms with Crippen LogP contribution in [0.4, 0.5) is 0 Å². The first-order chi connectivity index (χ1) is 9.40. The Morgan fingerprint density at radius 2 is 2.10 bits per heavy atom. The van der Waals surface area contributed by atoms with Crippen LogP contribution in [0.25, 0.3) is 0 Å². The van der Waals surface area contributed by atoms with E-state index in [9.17, 15) is 19.5 Å². The number of benzene rings is 1. The Labute approximate surface area is 118 Å². The van der Waals surface area contributed by atoms with E-state index in [4.69, 9.17) is 16.7 Å². The molecule has 0 bridgehead atoms. The van der Waals surface area contributed by atoms with Gasteiger partial charge in [0.1, 0.15) is 18.3 Å². The van der Waals surface area contributed by atoms with E-state index in [0.717, 1.165) is 4.90 Å². The molecule has 2 rings (SSSR count). The molecule has 0 spiro atoms. The Hall–Kier alpha value is -2.28. The molecule has 106 valence electrons. The zero-order valence-electron chi connectivity index (χ0n) is 10.2. The molecule has 1 heterocycles. The average Bonchev–Trinajstić information content (AvgIpc) is 2.37. The quantitative estimate of drug-likeness (QED) is 0.716. The smallest absolute Gasteiger partial charge is 0.328 e. The van der Waals surface area contributed by atoms with Crippen molar-refractivity contribution < 1.29 is 24.6 Å². The average molecular weight is 299 g/mol. The number of carboxylic acid groups (broad SMARTS) is 1. The van der Waals surface area contributed by atoms with E-state index in [1.54, 1.807) is 0 Å². The number of carbonyl (C=O) groups excluding carboxylic acids is 2. The largest absolute Gasteiger partial charge is 0.507 e. The molecule has 1 aromatic carbocycles. The normalized spacial score (nSPS) is 18.6. The van der Waals surface area contributed by atoms with E-state index in [0.29, 0.717) is 0 Å². The number of phenols is 1. The van der Waals surface area contributed by atoms with Crippen molar-refractivity contribution in [1.29, 1.82) is 0 Å². The third kappa shape index (κ3) is 2.67. The van der Waals surface area contributed by atoms with Gasteiger partial charge in [-0.1, -0.05) is 11.6 Å². The summed E-state index contributed by atoms with van der Waals surface area (Å²) in [6.45, 7) is -0.549. The number of rotatable bonds is 2. The third-order valence-corrected chi connectivity index (χ3v) is 3.15. The van der Waals surface area contributed by atoms with E-state index in [1.807, 2.05) is 0 Å². The van der Waals surface area contributed by atoms with Gasteiger partial charge >= 0.3 is 5.97 Å². The minimum Gasteiger partial charge on any atom is -0.507 e. The van der Waals surface area contributed by atoms with Crippen molar-refractivity contribution in [2.75, 3.05) is 13.1 Å². The lowest BCUT2D eigenvalue weighted by Crippen LogP contribution is -2.59. The molecule has 20 heavy (non-hydrogen) atoms. The second kappa shape index (κ2) is 5.38. The minimum atomic E-state index is -1.23. The maximum atomic E-state index is 12.3. The van der Waals surface area contributed by atoms with Crippen molar-refractivity contribution >= 4 is 29.4 Å². The Kier molecular flexibility index (Phi) is 3.80. The molecule has 1 aliphatic heterocycles. The van der Waals surface area contributed by atoms with Crippen molar-refractivity contribution in [3.05, 3.63) is 28.8 Å². The fraction of sp³-hybridized carbons (Fsp3) is 0.250. The van der Waals surface area contributed by atoms with Gasteiger partial charge in [-0.25, -0.2) is 4.79 Å². The van der Waals surface area contributed by atoms with E-state index in [2.05, 4.69) is 5.32 Å². The lowest BCUT2D eigenvalue weighted by atomic mass is 10.1. The molecule has 1 atom stereocenters. The summed E-state index contributed by atoms with van der Waals surface area (Å²) < 4.78 is 0. The molecule has 7 nitrogen and oxygen atoms in total. The summed E-state index contributed by atoms with van der Waals surface area (Å²) in [6.07, 6.45) is 0. The van der Waals surface area contributed by atoms with Gasteiger partial charge in [0.05, 0.1) is 5.56 Å². The van der Waals surface area contributed by atoms with Gasteiger partial charge in [0, 0.05) is 11.6 Å². The monoisotopic (exact) mass is 298 g/mol. The Balaban J connectivity index is 2.33. The topological polar surface area (TPSA) is 107 Å². The summed E-state index contributed by atoms with van der Waals surface area (Å²) in [5.41, 5.74) is -0.102. The molecule has 0 radical (unpaired) electrons. The first-order valence-corrected chi connectivity index (χ1v) is 6.07. The van der Waals surface area contributed by atoms with Gasteiger partial charge in [0.25, 0.3) is 5.91 Å². The number of carboxylic acids is 1. The second-order valence-corrected chi connectivity index (χ2v) is 4.69. The van der Waals surface area contributed by atoms with Gasteiger partial charge in [-0.2, -0.15) is 0 Å². The van der Waals surface area contributed by atoms with Crippen LogP contribution in [0.3, 0.4) is 0 Å². The highest BCUT2D eigenvalue weighted by molar-refractivity contribution is 6.30. The first kappa shape index (κ1) is 14.1. The fourth-order valence-electron chi connectivity index (χ4n) is 1.92. The number of carbonyl (C=O) groups is 3. The van der Waals surface area contributed by atoms with Crippen LogP contribution >= 0.6 is 11.6 Å². The number of nitrogens with zero attached hydrogens (tertiary/aromatic N) is 1. The van der Waals surface area contributed by atoms with Crippen molar-refractivity contribution in [3.8, 4) is 5.75 Å². The van der Waals surface area contributed by atoms with Crippen molar-refractivity contribution in [3.63, 3.8) is 0 Å². The lowest BCUT2D eigenvalue weighted by Gasteiger charge is -2.32. The molecular weight excluding hydrogens is 288 g/mol. The van der Waals surface area contributed by atoms with Gasteiger partial charge in [0.15, 0.2) is 0 Å². The van der Waals surface area contributed by atoms with E-state index >= 15 is 0 Å². The molecule has 1 aliphatic rings. The number of aliphatic carboxylic acids is 1. The molecule has 2 amide bonds. The Morgan fingerprint density at radius 1 is 1.40 bits per heavy atom. The van der Waals surface area contributed by atoms with Gasteiger partial charge in [-0.15, -0.1) is 0 Å². The number of phenolic OH excluding ortho intramolecular Hbond substituents is 1. The van der Waals surface area contributed by atoms with Gasteiger partial charge in [-0.05, 0) is 18.2 Å². The van der Waals surface area contributed by atoms with E-state index in [1.165, 1.54) is 18.2 Å². The summed E-state index contributed by atoms with van der Waals surface area (Å²) in [5, 5.41) is 21.4. The van der Waals surface area contributed by atoms with Gasteiger partial charge < -0.3 is 20.4 Å². The summed E-state index contributed by atoms with van der Waals surface area (Å²) in [4.78, 5) is 35.6. The minimum absolute atomic E-state index is 0.102. The zero-order valence-corrected chi connectivity index (χ0v) is 10.9. The highest BCUT2D eigenvalue weighted by atomic mass is 35.5. The number of nitrogens with one attached hydrogen (secondary N) is 1. The van der Waals surface area contributed by atoms with Crippen molar-refractivity contribution in [2.24, 2.45) is 0 Å². The molecule has 1 unspecified atom stereocenters. The summed E-state index contributed by atoms with van der Waals surface area (Å²) in [7, 11) is 0. The third-order valence-electron chi connectivity index (χ3n) is 2.92. The molecule has 0 aromatic heterocycles. The highest BCUT2D eigenvalue weighted by Crippen LogP contribution is 2.24. The first-order valence-electron chi connectivity index (χ1n) is 5.69. The van der Waals surface area contributed by atoms with Crippen LogP contribution < -0.4 is 5.32 Å². The van der Waals surface area contributed by atoms with Crippen LogP contribution in [0.2, 0.25) is 5.02 Å². The summed E-state index contributed by atoms with van der Waals surface area (Å²) >= 11 is 5.67. The van der Waals surface area contributed by atoms with Crippen LogP contribution in [0.1, 0.15) is 10.4 Å². The number of piperazine rings is 1.